The Hall–Kier alpha value is -0.770. The molecule has 0 atom stereocenters. The van der Waals surface area contributed by atoms with E-state index < -0.39 is 5.82 Å². The highest BCUT2D eigenvalue weighted by molar-refractivity contribution is 9.10. The molecular formula is C8H7BrFNO. The van der Waals surface area contributed by atoms with Gasteiger partial charge in [-0.25, -0.2) is 9.37 Å². The third kappa shape index (κ3) is 1.69. The van der Waals surface area contributed by atoms with Crippen LogP contribution < -0.4 is 0 Å². The molecule has 1 rings (SSSR count). The van der Waals surface area contributed by atoms with Crippen LogP contribution in [0.5, 0.6) is 0 Å². The summed E-state index contributed by atoms with van der Waals surface area (Å²) >= 11 is 3.12. The van der Waals surface area contributed by atoms with Gasteiger partial charge in [-0.05, 0) is 28.9 Å². The van der Waals surface area contributed by atoms with Crippen molar-refractivity contribution < 1.29 is 9.18 Å². The van der Waals surface area contributed by atoms with Crippen LogP contribution in [0.2, 0.25) is 0 Å². The first-order valence-corrected chi connectivity index (χ1v) is 4.15. The lowest BCUT2D eigenvalue weighted by atomic mass is 10.2. The Kier molecular flexibility index (Phi) is 2.57. The lowest BCUT2D eigenvalue weighted by Crippen LogP contribution is -2.02. The van der Waals surface area contributed by atoms with Crippen LogP contribution in [0.3, 0.4) is 0 Å². The van der Waals surface area contributed by atoms with E-state index in [4.69, 9.17) is 0 Å². The fourth-order valence-electron chi connectivity index (χ4n) is 0.805. The summed E-state index contributed by atoms with van der Waals surface area (Å²) in [5.41, 5.74) is 0.511. The molecular weight excluding hydrogens is 225 g/mol. The minimum Gasteiger partial charge on any atom is -0.293 e. The SMILES string of the molecule is CC(=O)c1nc(C)c(Br)cc1F. The minimum atomic E-state index is -0.583. The zero-order valence-corrected chi connectivity index (χ0v) is 8.27. The van der Waals surface area contributed by atoms with Gasteiger partial charge in [-0.2, -0.15) is 0 Å². The molecule has 0 saturated carbocycles. The van der Waals surface area contributed by atoms with E-state index in [1.165, 1.54) is 13.0 Å². The fraction of sp³-hybridized carbons (Fsp3) is 0.250. The van der Waals surface area contributed by atoms with Crippen LogP contribution in [-0.4, -0.2) is 10.8 Å². The van der Waals surface area contributed by atoms with Gasteiger partial charge in [0.15, 0.2) is 11.6 Å². The second-order valence-electron chi connectivity index (χ2n) is 2.44. The van der Waals surface area contributed by atoms with E-state index in [1.807, 2.05) is 0 Å². The number of halogens is 2. The molecule has 2 nitrogen and oxygen atoms in total. The van der Waals surface area contributed by atoms with Gasteiger partial charge in [-0.3, -0.25) is 4.79 Å². The molecule has 0 amide bonds. The molecule has 0 spiro atoms. The first-order valence-electron chi connectivity index (χ1n) is 3.36. The Morgan fingerprint density at radius 1 is 1.67 bits per heavy atom. The number of nitrogens with zero attached hydrogens (tertiary/aromatic N) is 1. The van der Waals surface area contributed by atoms with Gasteiger partial charge >= 0.3 is 0 Å². The Morgan fingerprint density at radius 2 is 2.25 bits per heavy atom. The quantitative estimate of drug-likeness (QED) is 0.696. The van der Waals surface area contributed by atoms with E-state index in [1.54, 1.807) is 6.92 Å². The molecule has 1 aromatic heterocycles. The predicted molar refractivity (Wildman–Crippen MR) is 46.6 cm³/mol. The van der Waals surface area contributed by atoms with Gasteiger partial charge in [0.2, 0.25) is 0 Å². The smallest absolute Gasteiger partial charge is 0.181 e. The van der Waals surface area contributed by atoms with Crippen LogP contribution in [0, 0.1) is 12.7 Å². The van der Waals surface area contributed by atoms with Gasteiger partial charge in [0.1, 0.15) is 5.69 Å². The fourth-order valence-corrected chi connectivity index (χ4v) is 1.10. The van der Waals surface area contributed by atoms with Crippen molar-refractivity contribution in [1.29, 1.82) is 0 Å². The molecule has 12 heavy (non-hydrogen) atoms. The summed E-state index contributed by atoms with van der Waals surface area (Å²) in [6.07, 6.45) is 0. The van der Waals surface area contributed by atoms with E-state index in [9.17, 15) is 9.18 Å². The molecule has 0 aliphatic heterocycles. The topological polar surface area (TPSA) is 30.0 Å². The molecule has 0 aliphatic rings. The van der Waals surface area contributed by atoms with Gasteiger partial charge in [-0.15, -0.1) is 0 Å². The second-order valence-corrected chi connectivity index (χ2v) is 3.30. The molecule has 4 heteroatoms. The molecule has 0 unspecified atom stereocenters. The number of hydrogen-bond donors (Lipinski definition) is 0. The van der Waals surface area contributed by atoms with Crippen molar-refractivity contribution in [2.75, 3.05) is 0 Å². The largest absolute Gasteiger partial charge is 0.293 e. The predicted octanol–water partition coefficient (Wildman–Crippen LogP) is 2.49. The average molecular weight is 232 g/mol. The highest BCUT2D eigenvalue weighted by Gasteiger charge is 2.10. The summed E-state index contributed by atoms with van der Waals surface area (Å²) in [4.78, 5) is 14.6. The van der Waals surface area contributed by atoms with Crippen LogP contribution in [0.1, 0.15) is 23.1 Å². The van der Waals surface area contributed by atoms with Crippen LogP contribution in [0.15, 0.2) is 10.5 Å². The molecule has 0 fully saturated rings. The molecule has 0 aliphatic carbocycles. The van der Waals surface area contributed by atoms with Crippen molar-refractivity contribution in [2.24, 2.45) is 0 Å². The van der Waals surface area contributed by atoms with Crippen LogP contribution >= 0.6 is 15.9 Å². The number of pyridine rings is 1. The normalized spacial score (nSPS) is 10.0. The molecule has 1 aromatic rings. The Labute approximate surface area is 77.9 Å². The van der Waals surface area contributed by atoms with Gasteiger partial charge < -0.3 is 0 Å². The Balaban J connectivity index is 3.33. The third-order valence-electron chi connectivity index (χ3n) is 1.44. The highest BCUT2D eigenvalue weighted by atomic mass is 79.9. The number of aromatic nitrogens is 1. The van der Waals surface area contributed by atoms with Crippen molar-refractivity contribution in [1.82, 2.24) is 4.98 Å². The highest BCUT2D eigenvalue weighted by Crippen LogP contribution is 2.17. The van der Waals surface area contributed by atoms with Gasteiger partial charge in [0.25, 0.3) is 0 Å². The van der Waals surface area contributed by atoms with Crippen molar-refractivity contribution >= 4 is 21.7 Å². The molecule has 0 radical (unpaired) electrons. The third-order valence-corrected chi connectivity index (χ3v) is 2.24. The first kappa shape index (κ1) is 9.32. The number of aryl methyl sites for hydroxylation is 1. The second kappa shape index (κ2) is 3.31. The van der Waals surface area contributed by atoms with Crippen molar-refractivity contribution in [3.05, 3.63) is 27.7 Å². The van der Waals surface area contributed by atoms with E-state index in [0.29, 0.717) is 10.2 Å². The number of hydrogen-bond acceptors (Lipinski definition) is 2. The average Bonchev–Trinajstić information content (AvgIpc) is 1.96. The molecule has 1 heterocycles. The van der Waals surface area contributed by atoms with Crippen LogP contribution in [0.4, 0.5) is 4.39 Å². The molecule has 0 N–H and O–H groups in total. The monoisotopic (exact) mass is 231 g/mol. The number of rotatable bonds is 1. The maximum Gasteiger partial charge on any atom is 0.181 e. The number of carbonyl (C=O) groups is 1. The van der Waals surface area contributed by atoms with Crippen molar-refractivity contribution in [3.63, 3.8) is 0 Å². The van der Waals surface area contributed by atoms with E-state index in [0.717, 1.165) is 0 Å². The summed E-state index contributed by atoms with van der Waals surface area (Å²) in [5, 5.41) is 0. The van der Waals surface area contributed by atoms with Crippen molar-refractivity contribution in [2.45, 2.75) is 13.8 Å². The first-order chi connectivity index (χ1) is 5.52. The maximum absolute atomic E-state index is 13.0. The number of Topliss-reactive ketones (excluding diaryl/α,β-unsaturated/α-hetero) is 1. The summed E-state index contributed by atoms with van der Waals surface area (Å²) in [6.45, 7) is 2.99. The van der Waals surface area contributed by atoms with E-state index in [-0.39, 0.29) is 11.5 Å². The summed E-state index contributed by atoms with van der Waals surface area (Å²) in [5.74, 6) is -0.942. The maximum atomic E-state index is 13.0. The number of carbonyl (C=O) groups excluding carboxylic acids is 1. The standard InChI is InChI=1S/C8H7BrFNO/c1-4-6(9)3-7(10)8(11-4)5(2)12/h3H,1-2H3. The molecule has 0 aromatic carbocycles. The van der Waals surface area contributed by atoms with Gasteiger partial charge in [0, 0.05) is 11.4 Å². The zero-order chi connectivity index (χ0) is 9.30. The summed E-state index contributed by atoms with van der Waals surface area (Å²) in [6, 6.07) is 1.25. The van der Waals surface area contributed by atoms with Gasteiger partial charge in [0.05, 0.1) is 5.69 Å². The number of ketones is 1. The van der Waals surface area contributed by atoms with E-state index >= 15 is 0 Å². The molecule has 0 bridgehead atoms. The summed E-state index contributed by atoms with van der Waals surface area (Å²) in [7, 11) is 0. The zero-order valence-electron chi connectivity index (χ0n) is 6.69. The van der Waals surface area contributed by atoms with Crippen LogP contribution in [0.25, 0.3) is 0 Å². The van der Waals surface area contributed by atoms with Gasteiger partial charge in [-0.1, -0.05) is 0 Å². The summed E-state index contributed by atoms with van der Waals surface area (Å²) < 4.78 is 13.5. The van der Waals surface area contributed by atoms with Crippen LogP contribution in [-0.2, 0) is 0 Å². The molecule has 0 saturated heterocycles. The Bertz CT molecular complexity index is 338. The van der Waals surface area contributed by atoms with E-state index in [2.05, 4.69) is 20.9 Å². The minimum absolute atomic E-state index is 0.101. The Morgan fingerprint density at radius 3 is 2.75 bits per heavy atom. The van der Waals surface area contributed by atoms with Crippen molar-refractivity contribution in [3.8, 4) is 0 Å². The lowest BCUT2D eigenvalue weighted by molar-refractivity contribution is 0.100. The molecule has 64 valence electrons. The lowest BCUT2D eigenvalue weighted by Gasteiger charge is -2.01.